The van der Waals surface area contributed by atoms with Crippen LogP contribution in [0.1, 0.15) is 11.1 Å². The zero-order valence-electron chi connectivity index (χ0n) is 8.06. The Bertz CT molecular complexity index is 413. The summed E-state index contributed by atoms with van der Waals surface area (Å²) in [5.41, 5.74) is 0.268. The van der Waals surface area contributed by atoms with Gasteiger partial charge in [0.05, 0.1) is 5.88 Å². The summed E-state index contributed by atoms with van der Waals surface area (Å²) in [5, 5.41) is 0. The van der Waals surface area contributed by atoms with Gasteiger partial charge in [0.15, 0.2) is 5.78 Å². The fourth-order valence-corrected chi connectivity index (χ4v) is 1.11. The lowest BCUT2D eigenvalue weighted by Crippen LogP contribution is -1.94. The van der Waals surface area contributed by atoms with Gasteiger partial charge in [-0.1, -0.05) is 0 Å². The first-order valence-electron chi connectivity index (χ1n) is 4.27. The smallest absolute Gasteiger partial charge is 0.170 e. The lowest BCUT2D eigenvalue weighted by molar-refractivity contribution is -0.112. The van der Waals surface area contributed by atoms with Crippen LogP contribution in [-0.2, 0) is 4.79 Å². The monoisotopic (exact) mass is 230 g/mol. The Labute approximate surface area is 91.4 Å². The molecule has 0 aromatic heterocycles. The molecule has 0 aliphatic carbocycles. The molecule has 15 heavy (non-hydrogen) atoms. The quantitative estimate of drug-likeness (QED) is 0.576. The van der Waals surface area contributed by atoms with E-state index >= 15 is 0 Å². The van der Waals surface area contributed by atoms with Gasteiger partial charge in [-0.3, -0.25) is 4.79 Å². The summed E-state index contributed by atoms with van der Waals surface area (Å²) >= 11 is 5.25. The number of halogens is 3. The molecule has 0 radical (unpaired) electrons. The Morgan fingerprint density at radius 3 is 2.67 bits per heavy atom. The molecule has 1 nitrogen and oxygen atoms in total. The second kappa shape index (κ2) is 5.03. The molecule has 0 aliphatic heterocycles. The summed E-state index contributed by atoms with van der Waals surface area (Å²) in [6.45, 7) is 1.47. The summed E-state index contributed by atoms with van der Waals surface area (Å²) < 4.78 is 26.3. The molecule has 0 bridgehead atoms. The van der Waals surface area contributed by atoms with Gasteiger partial charge in [0, 0.05) is 5.56 Å². The van der Waals surface area contributed by atoms with E-state index < -0.39 is 11.6 Å². The summed E-state index contributed by atoms with van der Waals surface area (Å²) in [6, 6.07) is 2.13. The lowest BCUT2D eigenvalue weighted by Gasteiger charge is -2.00. The standard InChI is InChI=1S/C11H9ClF2O/c1-7-4-11(14)8(5-10(7)13)2-3-9(15)6-12/h2-5H,6H2,1H3. The van der Waals surface area contributed by atoms with E-state index in [1.54, 1.807) is 0 Å². The zero-order chi connectivity index (χ0) is 11.4. The normalized spacial score (nSPS) is 10.9. The highest BCUT2D eigenvalue weighted by Crippen LogP contribution is 2.15. The third-order valence-electron chi connectivity index (χ3n) is 1.86. The van der Waals surface area contributed by atoms with E-state index in [0.717, 1.165) is 18.2 Å². The van der Waals surface area contributed by atoms with E-state index in [0.29, 0.717) is 0 Å². The van der Waals surface area contributed by atoms with Gasteiger partial charge in [-0.15, -0.1) is 11.6 Å². The Morgan fingerprint density at radius 1 is 1.40 bits per heavy atom. The van der Waals surface area contributed by atoms with Crippen LogP contribution in [-0.4, -0.2) is 11.7 Å². The van der Waals surface area contributed by atoms with E-state index in [1.165, 1.54) is 13.0 Å². The third kappa shape index (κ3) is 3.13. The first kappa shape index (κ1) is 11.9. The largest absolute Gasteiger partial charge is 0.294 e. The summed E-state index contributed by atoms with van der Waals surface area (Å²) in [5.74, 6) is -1.59. The number of benzene rings is 1. The van der Waals surface area contributed by atoms with E-state index in [9.17, 15) is 13.6 Å². The molecule has 4 heteroatoms. The van der Waals surface area contributed by atoms with Crippen LogP contribution in [0.4, 0.5) is 8.78 Å². The van der Waals surface area contributed by atoms with Gasteiger partial charge in [0.2, 0.25) is 0 Å². The predicted octanol–water partition coefficient (Wildman–Crippen LogP) is 3.09. The predicted molar refractivity (Wildman–Crippen MR) is 55.9 cm³/mol. The number of hydrogen-bond acceptors (Lipinski definition) is 1. The van der Waals surface area contributed by atoms with Crippen molar-refractivity contribution in [2.24, 2.45) is 0 Å². The molecule has 1 aromatic carbocycles. The number of ketones is 1. The van der Waals surface area contributed by atoms with Gasteiger partial charge in [-0.25, -0.2) is 8.78 Å². The van der Waals surface area contributed by atoms with E-state index in [4.69, 9.17) is 11.6 Å². The number of carbonyl (C=O) groups excluding carboxylic acids is 1. The maximum atomic E-state index is 13.2. The topological polar surface area (TPSA) is 17.1 Å². The highest BCUT2D eigenvalue weighted by atomic mass is 35.5. The second-order valence-electron chi connectivity index (χ2n) is 3.06. The van der Waals surface area contributed by atoms with Crippen LogP contribution in [0.3, 0.4) is 0 Å². The Morgan fingerprint density at radius 2 is 2.07 bits per heavy atom. The third-order valence-corrected chi connectivity index (χ3v) is 2.12. The van der Waals surface area contributed by atoms with Crippen molar-refractivity contribution in [2.45, 2.75) is 6.92 Å². The van der Waals surface area contributed by atoms with Gasteiger partial charge in [0.1, 0.15) is 11.6 Å². The van der Waals surface area contributed by atoms with Crippen LogP contribution in [0.25, 0.3) is 6.08 Å². The number of aryl methyl sites for hydroxylation is 1. The number of alkyl halides is 1. The Hall–Kier alpha value is -1.22. The fraction of sp³-hybridized carbons (Fsp3) is 0.182. The van der Waals surface area contributed by atoms with Crippen LogP contribution in [0.5, 0.6) is 0 Å². The molecular formula is C11H9ClF2O. The lowest BCUT2D eigenvalue weighted by atomic mass is 10.1. The molecule has 80 valence electrons. The van der Waals surface area contributed by atoms with Crippen molar-refractivity contribution in [2.75, 3.05) is 5.88 Å². The van der Waals surface area contributed by atoms with Crippen LogP contribution >= 0.6 is 11.6 Å². The highest BCUT2D eigenvalue weighted by molar-refractivity contribution is 6.29. The molecule has 0 saturated carbocycles. The van der Waals surface area contributed by atoms with Crippen molar-refractivity contribution >= 4 is 23.5 Å². The van der Waals surface area contributed by atoms with Gasteiger partial charge < -0.3 is 0 Å². The van der Waals surface area contributed by atoms with Gasteiger partial charge in [0.25, 0.3) is 0 Å². The Balaban J connectivity index is 3.00. The molecule has 0 spiro atoms. The SMILES string of the molecule is Cc1cc(F)c(C=CC(=O)CCl)cc1F. The average Bonchev–Trinajstić information content (AvgIpc) is 2.21. The van der Waals surface area contributed by atoms with Crippen LogP contribution in [0.15, 0.2) is 18.2 Å². The van der Waals surface area contributed by atoms with E-state index in [2.05, 4.69) is 0 Å². The minimum Gasteiger partial charge on any atom is -0.294 e. The van der Waals surface area contributed by atoms with Crippen molar-refractivity contribution in [3.63, 3.8) is 0 Å². The molecule has 0 amide bonds. The van der Waals surface area contributed by atoms with E-state index in [1.807, 2.05) is 0 Å². The van der Waals surface area contributed by atoms with E-state index in [-0.39, 0.29) is 22.8 Å². The van der Waals surface area contributed by atoms with Crippen molar-refractivity contribution < 1.29 is 13.6 Å². The molecule has 0 fully saturated rings. The molecule has 0 atom stereocenters. The minimum atomic E-state index is -0.562. The summed E-state index contributed by atoms with van der Waals surface area (Å²) in [6.07, 6.45) is 2.34. The maximum absolute atomic E-state index is 13.2. The molecular weight excluding hydrogens is 222 g/mol. The molecule has 0 heterocycles. The number of hydrogen-bond donors (Lipinski definition) is 0. The molecule has 0 unspecified atom stereocenters. The number of rotatable bonds is 3. The van der Waals surface area contributed by atoms with Crippen molar-refractivity contribution in [1.82, 2.24) is 0 Å². The van der Waals surface area contributed by atoms with Gasteiger partial charge in [-0.2, -0.15) is 0 Å². The molecule has 0 N–H and O–H groups in total. The van der Waals surface area contributed by atoms with Crippen LogP contribution in [0, 0.1) is 18.6 Å². The summed E-state index contributed by atoms with van der Waals surface area (Å²) in [4.78, 5) is 10.8. The molecule has 1 rings (SSSR count). The molecule has 0 saturated heterocycles. The summed E-state index contributed by atoms with van der Waals surface area (Å²) in [7, 11) is 0. The van der Waals surface area contributed by atoms with Crippen molar-refractivity contribution in [3.05, 3.63) is 41.0 Å². The van der Waals surface area contributed by atoms with Crippen molar-refractivity contribution in [1.29, 1.82) is 0 Å². The maximum Gasteiger partial charge on any atom is 0.170 e. The number of allylic oxidation sites excluding steroid dienone is 1. The van der Waals surface area contributed by atoms with Gasteiger partial charge >= 0.3 is 0 Å². The highest BCUT2D eigenvalue weighted by Gasteiger charge is 2.04. The zero-order valence-corrected chi connectivity index (χ0v) is 8.81. The Kier molecular flexibility index (Phi) is 3.97. The van der Waals surface area contributed by atoms with Crippen LogP contribution < -0.4 is 0 Å². The average molecular weight is 231 g/mol. The van der Waals surface area contributed by atoms with Crippen molar-refractivity contribution in [3.8, 4) is 0 Å². The second-order valence-corrected chi connectivity index (χ2v) is 3.32. The number of carbonyl (C=O) groups is 1. The minimum absolute atomic E-state index is 0.0385. The fourth-order valence-electron chi connectivity index (χ4n) is 1.02. The van der Waals surface area contributed by atoms with Crippen LogP contribution in [0.2, 0.25) is 0 Å². The molecule has 1 aromatic rings. The van der Waals surface area contributed by atoms with Gasteiger partial charge in [-0.05, 0) is 36.8 Å². The molecule has 0 aliphatic rings. The first-order chi connectivity index (χ1) is 7.04. The first-order valence-corrected chi connectivity index (χ1v) is 4.80.